The first-order chi connectivity index (χ1) is 17.6. The number of carboxylic acids is 1. The van der Waals surface area contributed by atoms with Crippen molar-refractivity contribution in [3.05, 3.63) is 70.9 Å². The van der Waals surface area contributed by atoms with Gasteiger partial charge in [-0.1, -0.05) is 49.1 Å². The molecule has 0 bridgehead atoms. The Labute approximate surface area is 214 Å². The number of likely N-dealkylation sites (N-methyl/N-ethyl adjacent to an activating group) is 1. The highest BCUT2D eigenvalue weighted by Crippen LogP contribution is 2.42. The molecule has 7 heteroatoms. The third-order valence-electron chi connectivity index (χ3n) is 7.63. The van der Waals surface area contributed by atoms with E-state index in [1.165, 1.54) is 54.6 Å². The van der Waals surface area contributed by atoms with E-state index in [2.05, 4.69) is 52.4 Å². The van der Waals surface area contributed by atoms with Crippen molar-refractivity contribution in [1.82, 2.24) is 19.5 Å². The SMILES string of the molecule is CN1CCC(C2CCCCC2)=C(c2cc(-c3ccc(-c4cc5ncccn5n4)cc3)sc2C(=O)O)C1. The molecule has 0 atom stereocenters. The first-order valence-electron chi connectivity index (χ1n) is 12.8. The minimum Gasteiger partial charge on any atom is -0.477 e. The van der Waals surface area contributed by atoms with Crippen LogP contribution in [0.5, 0.6) is 0 Å². The van der Waals surface area contributed by atoms with Gasteiger partial charge in [-0.3, -0.25) is 0 Å². The number of carbonyl (C=O) groups is 1. The number of hydrogen-bond donors (Lipinski definition) is 1. The van der Waals surface area contributed by atoms with Crippen LogP contribution in [0.4, 0.5) is 0 Å². The molecule has 0 radical (unpaired) electrons. The van der Waals surface area contributed by atoms with E-state index in [9.17, 15) is 9.90 Å². The maximum atomic E-state index is 12.4. The molecular weight excluding hydrogens is 468 g/mol. The van der Waals surface area contributed by atoms with Gasteiger partial charge in [-0.05, 0) is 55.5 Å². The molecular formula is C29H30N4O2S. The van der Waals surface area contributed by atoms with Gasteiger partial charge < -0.3 is 10.0 Å². The van der Waals surface area contributed by atoms with Gasteiger partial charge in [0, 0.05) is 47.6 Å². The van der Waals surface area contributed by atoms with E-state index in [0.29, 0.717) is 10.8 Å². The van der Waals surface area contributed by atoms with Gasteiger partial charge in [0.1, 0.15) is 4.88 Å². The summed E-state index contributed by atoms with van der Waals surface area (Å²) in [6.07, 6.45) is 11.1. The van der Waals surface area contributed by atoms with Gasteiger partial charge in [0.15, 0.2) is 5.65 Å². The number of benzene rings is 1. The summed E-state index contributed by atoms with van der Waals surface area (Å²) in [7, 11) is 2.14. The number of fused-ring (bicyclic) bond motifs is 1. The van der Waals surface area contributed by atoms with E-state index in [1.807, 2.05) is 18.3 Å². The van der Waals surface area contributed by atoms with Crippen LogP contribution < -0.4 is 0 Å². The van der Waals surface area contributed by atoms with Crippen LogP contribution in [0.3, 0.4) is 0 Å². The fourth-order valence-corrected chi connectivity index (χ4v) is 6.80. The highest BCUT2D eigenvalue weighted by atomic mass is 32.1. The second-order valence-electron chi connectivity index (χ2n) is 10.0. The predicted molar refractivity (Wildman–Crippen MR) is 144 cm³/mol. The number of thiophene rings is 1. The number of aromatic carboxylic acids is 1. The fourth-order valence-electron chi connectivity index (χ4n) is 5.77. The van der Waals surface area contributed by atoms with Gasteiger partial charge in [0.25, 0.3) is 0 Å². The molecule has 36 heavy (non-hydrogen) atoms. The third-order valence-corrected chi connectivity index (χ3v) is 8.80. The number of carboxylic acid groups (broad SMARTS) is 1. The van der Waals surface area contributed by atoms with E-state index in [-0.39, 0.29) is 0 Å². The Hall–Kier alpha value is -3.29. The summed E-state index contributed by atoms with van der Waals surface area (Å²) in [5.74, 6) is -0.231. The van der Waals surface area contributed by atoms with E-state index in [0.717, 1.165) is 52.4 Å². The average molecular weight is 499 g/mol. The molecule has 2 aliphatic rings. The van der Waals surface area contributed by atoms with Crippen LogP contribution >= 0.6 is 11.3 Å². The van der Waals surface area contributed by atoms with Crippen molar-refractivity contribution in [2.24, 2.45) is 5.92 Å². The zero-order valence-corrected chi connectivity index (χ0v) is 21.3. The standard InChI is InChI=1S/C29H30N4O2S/c1-32-15-12-22(19-6-3-2-4-7-19)24(18-32)23-16-26(36-28(23)29(34)35)21-10-8-20(9-11-21)25-17-27-30-13-5-14-33(27)31-25/h5,8-11,13-14,16-17,19H,2-4,6-7,12,15,18H2,1H3,(H,34,35). The minimum atomic E-state index is -0.834. The number of aromatic nitrogens is 3. The topological polar surface area (TPSA) is 70.7 Å². The lowest BCUT2D eigenvalue weighted by molar-refractivity contribution is 0.0701. The summed E-state index contributed by atoms with van der Waals surface area (Å²) in [6.45, 7) is 1.87. The molecule has 6 nitrogen and oxygen atoms in total. The molecule has 3 aromatic heterocycles. The largest absolute Gasteiger partial charge is 0.477 e. The second kappa shape index (κ2) is 9.64. The zero-order chi connectivity index (χ0) is 24.6. The lowest BCUT2D eigenvalue weighted by Gasteiger charge is -2.34. The molecule has 4 heterocycles. The van der Waals surface area contributed by atoms with E-state index < -0.39 is 5.97 Å². The Bertz CT molecular complexity index is 1410. The molecule has 0 amide bonds. The summed E-state index contributed by atoms with van der Waals surface area (Å²) in [5, 5.41) is 14.8. The highest BCUT2D eigenvalue weighted by Gasteiger charge is 2.29. The van der Waals surface area contributed by atoms with Crippen molar-refractivity contribution in [3.63, 3.8) is 0 Å². The van der Waals surface area contributed by atoms with Crippen LogP contribution in [0.25, 0.3) is 32.9 Å². The molecule has 184 valence electrons. The molecule has 6 rings (SSSR count). The van der Waals surface area contributed by atoms with Crippen molar-refractivity contribution < 1.29 is 9.90 Å². The van der Waals surface area contributed by atoms with Crippen molar-refractivity contribution in [2.45, 2.75) is 38.5 Å². The quantitative estimate of drug-likeness (QED) is 0.340. The molecule has 0 unspecified atom stereocenters. The van der Waals surface area contributed by atoms with Crippen molar-refractivity contribution in [1.29, 1.82) is 0 Å². The molecule has 1 aromatic carbocycles. The zero-order valence-electron chi connectivity index (χ0n) is 20.5. The van der Waals surface area contributed by atoms with E-state index in [4.69, 9.17) is 0 Å². The lowest BCUT2D eigenvalue weighted by Crippen LogP contribution is -2.30. The first-order valence-corrected chi connectivity index (χ1v) is 13.6. The summed E-state index contributed by atoms with van der Waals surface area (Å²) < 4.78 is 1.77. The van der Waals surface area contributed by atoms with Gasteiger partial charge in [0.2, 0.25) is 0 Å². The Kier molecular flexibility index (Phi) is 6.19. The van der Waals surface area contributed by atoms with Gasteiger partial charge in [-0.25, -0.2) is 14.3 Å². The van der Waals surface area contributed by atoms with Gasteiger partial charge in [-0.2, -0.15) is 5.10 Å². The van der Waals surface area contributed by atoms with Crippen molar-refractivity contribution in [3.8, 4) is 21.7 Å². The van der Waals surface area contributed by atoms with Crippen LogP contribution in [0.15, 0.2) is 60.4 Å². The summed E-state index contributed by atoms with van der Waals surface area (Å²) in [5.41, 5.74) is 7.40. The molecule has 1 N–H and O–H groups in total. The van der Waals surface area contributed by atoms with E-state index in [1.54, 1.807) is 10.7 Å². The average Bonchev–Trinajstić information content (AvgIpc) is 3.54. The minimum absolute atomic E-state index is 0.458. The predicted octanol–water partition coefficient (Wildman–Crippen LogP) is 6.49. The monoisotopic (exact) mass is 498 g/mol. The number of hydrogen-bond acceptors (Lipinski definition) is 5. The van der Waals surface area contributed by atoms with Gasteiger partial charge in [0.05, 0.1) is 5.69 Å². The van der Waals surface area contributed by atoms with E-state index >= 15 is 0 Å². The maximum Gasteiger partial charge on any atom is 0.346 e. The van der Waals surface area contributed by atoms with Crippen LogP contribution in [-0.4, -0.2) is 50.7 Å². The summed E-state index contributed by atoms with van der Waals surface area (Å²) in [6, 6.07) is 14.2. The lowest BCUT2D eigenvalue weighted by atomic mass is 9.78. The Morgan fingerprint density at radius 2 is 1.86 bits per heavy atom. The summed E-state index contributed by atoms with van der Waals surface area (Å²) >= 11 is 1.39. The highest BCUT2D eigenvalue weighted by molar-refractivity contribution is 7.17. The number of nitrogens with zero attached hydrogens (tertiary/aromatic N) is 4. The van der Waals surface area contributed by atoms with Gasteiger partial charge in [-0.15, -0.1) is 11.3 Å². The molecule has 1 aliphatic heterocycles. The normalized spacial score (nSPS) is 17.7. The van der Waals surface area contributed by atoms with Crippen LogP contribution in [0, 0.1) is 5.92 Å². The summed E-state index contributed by atoms with van der Waals surface area (Å²) in [4.78, 5) is 20.5. The van der Waals surface area contributed by atoms with Crippen LogP contribution in [0.1, 0.15) is 53.8 Å². The Morgan fingerprint density at radius 3 is 2.61 bits per heavy atom. The second-order valence-corrected chi connectivity index (χ2v) is 11.1. The van der Waals surface area contributed by atoms with Gasteiger partial charge >= 0.3 is 5.97 Å². The number of rotatable bonds is 5. The Balaban J connectivity index is 1.37. The van der Waals surface area contributed by atoms with Crippen molar-refractivity contribution >= 4 is 28.5 Å². The van der Waals surface area contributed by atoms with Crippen molar-refractivity contribution in [2.75, 3.05) is 20.1 Å². The molecule has 4 aromatic rings. The molecule has 0 spiro atoms. The Morgan fingerprint density at radius 1 is 1.08 bits per heavy atom. The van der Waals surface area contributed by atoms with Crippen LogP contribution in [-0.2, 0) is 0 Å². The molecule has 1 saturated carbocycles. The first kappa shape index (κ1) is 23.1. The maximum absolute atomic E-state index is 12.4. The third kappa shape index (κ3) is 4.38. The molecule has 0 saturated heterocycles. The van der Waals surface area contributed by atoms with Crippen LogP contribution in [0.2, 0.25) is 0 Å². The molecule has 1 fully saturated rings. The fraction of sp³-hybridized carbons (Fsp3) is 0.345. The molecule has 1 aliphatic carbocycles. The smallest absolute Gasteiger partial charge is 0.346 e.